The van der Waals surface area contributed by atoms with Crippen molar-refractivity contribution in [2.45, 2.75) is 70.4 Å². The molecule has 0 radical (unpaired) electrons. The average molecular weight is 271 g/mol. The Labute approximate surface area is 112 Å². The number of fused-ring (bicyclic) bond motifs is 1. The molecular weight excluding hydrogens is 250 g/mol. The summed E-state index contributed by atoms with van der Waals surface area (Å²) in [4.78, 5) is 24.8. The van der Waals surface area contributed by atoms with Gasteiger partial charge in [0.25, 0.3) is 0 Å². The van der Waals surface area contributed by atoms with Crippen LogP contribution in [-0.2, 0) is 14.3 Å². The zero-order valence-electron chi connectivity index (χ0n) is 11.8. The van der Waals surface area contributed by atoms with Crippen LogP contribution in [0.1, 0.15) is 40.5 Å². The van der Waals surface area contributed by atoms with E-state index in [4.69, 9.17) is 9.47 Å². The van der Waals surface area contributed by atoms with E-state index in [0.29, 0.717) is 12.8 Å². The first-order valence-electron chi connectivity index (χ1n) is 6.58. The van der Waals surface area contributed by atoms with Crippen molar-refractivity contribution in [3.8, 4) is 0 Å². The summed E-state index contributed by atoms with van der Waals surface area (Å²) in [6, 6.07) is -1.04. The topological polar surface area (TPSA) is 76.1 Å². The summed E-state index contributed by atoms with van der Waals surface area (Å²) in [5, 5.41) is 9.25. The molecule has 0 aliphatic carbocycles. The number of hydrogen-bond donors (Lipinski definition) is 1. The van der Waals surface area contributed by atoms with Crippen LogP contribution in [0.4, 0.5) is 4.79 Å². The second-order valence-corrected chi connectivity index (χ2v) is 6.27. The molecule has 1 N–H and O–H groups in total. The lowest BCUT2D eigenvalue weighted by molar-refractivity contribution is -0.142. The van der Waals surface area contributed by atoms with Gasteiger partial charge in [-0.3, -0.25) is 4.90 Å². The molecule has 0 spiro atoms. The summed E-state index contributed by atoms with van der Waals surface area (Å²) >= 11 is 0. The molecule has 0 aromatic heterocycles. The first kappa shape index (κ1) is 14.1. The third-order valence-electron chi connectivity index (χ3n) is 3.45. The Morgan fingerprint density at radius 2 is 1.95 bits per heavy atom. The van der Waals surface area contributed by atoms with Gasteiger partial charge in [-0.2, -0.15) is 0 Å². The SMILES string of the molecule is CC1CC2C(CC(C(=O)O)N2C(=O)OC(C)(C)C)O1. The summed E-state index contributed by atoms with van der Waals surface area (Å²) in [5.74, 6) is -1.00. The van der Waals surface area contributed by atoms with Gasteiger partial charge in [-0.25, -0.2) is 9.59 Å². The fourth-order valence-electron chi connectivity index (χ4n) is 2.80. The van der Waals surface area contributed by atoms with Gasteiger partial charge in [0.1, 0.15) is 11.6 Å². The second-order valence-electron chi connectivity index (χ2n) is 6.27. The molecule has 0 bridgehead atoms. The molecule has 108 valence electrons. The molecule has 2 saturated heterocycles. The second kappa shape index (κ2) is 4.67. The highest BCUT2D eigenvalue weighted by Crippen LogP contribution is 2.37. The molecule has 4 unspecified atom stereocenters. The molecule has 2 rings (SSSR count). The van der Waals surface area contributed by atoms with Crippen molar-refractivity contribution >= 4 is 12.1 Å². The number of carboxylic acids is 1. The number of hydrogen-bond acceptors (Lipinski definition) is 4. The van der Waals surface area contributed by atoms with Crippen LogP contribution >= 0.6 is 0 Å². The maximum absolute atomic E-state index is 12.2. The van der Waals surface area contributed by atoms with Gasteiger partial charge < -0.3 is 14.6 Å². The van der Waals surface area contributed by atoms with Crippen LogP contribution in [0.3, 0.4) is 0 Å². The van der Waals surface area contributed by atoms with Crippen molar-refractivity contribution in [1.82, 2.24) is 4.90 Å². The lowest BCUT2D eigenvalue weighted by atomic mass is 10.1. The predicted molar refractivity (Wildman–Crippen MR) is 66.9 cm³/mol. The van der Waals surface area contributed by atoms with Crippen molar-refractivity contribution in [2.75, 3.05) is 0 Å². The van der Waals surface area contributed by atoms with Gasteiger partial charge in [0.15, 0.2) is 0 Å². The molecule has 2 heterocycles. The Bertz CT molecular complexity index is 389. The van der Waals surface area contributed by atoms with Crippen LogP contribution in [0, 0.1) is 0 Å². The van der Waals surface area contributed by atoms with Gasteiger partial charge in [-0.1, -0.05) is 0 Å². The van der Waals surface area contributed by atoms with E-state index in [1.807, 2.05) is 6.92 Å². The number of carbonyl (C=O) groups is 2. The van der Waals surface area contributed by atoms with Crippen LogP contribution in [0.2, 0.25) is 0 Å². The fourth-order valence-corrected chi connectivity index (χ4v) is 2.80. The number of nitrogens with zero attached hydrogens (tertiary/aromatic N) is 1. The first-order chi connectivity index (χ1) is 8.69. The first-order valence-corrected chi connectivity index (χ1v) is 6.58. The van der Waals surface area contributed by atoms with E-state index in [1.165, 1.54) is 4.90 Å². The highest BCUT2D eigenvalue weighted by atomic mass is 16.6. The zero-order valence-corrected chi connectivity index (χ0v) is 11.8. The predicted octanol–water partition coefficient (Wildman–Crippen LogP) is 1.63. The van der Waals surface area contributed by atoms with Gasteiger partial charge >= 0.3 is 12.1 Å². The van der Waals surface area contributed by atoms with Crippen LogP contribution in [-0.4, -0.2) is 52.0 Å². The maximum Gasteiger partial charge on any atom is 0.411 e. The summed E-state index contributed by atoms with van der Waals surface area (Å²) in [6.45, 7) is 7.23. The van der Waals surface area contributed by atoms with Crippen molar-refractivity contribution in [3.63, 3.8) is 0 Å². The summed E-state index contributed by atoms with van der Waals surface area (Å²) < 4.78 is 11.0. The highest BCUT2D eigenvalue weighted by Gasteiger charge is 2.52. The van der Waals surface area contributed by atoms with Gasteiger partial charge in [0.2, 0.25) is 0 Å². The smallest absolute Gasteiger partial charge is 0.411 e. The molecule has 0 aromatic carbocycles. The largest absolute Gasteiger partial charge is 0.480 e. The molecule has 19 heavy (non-hydrogen) atoms. The number of carboxylic acid groups (broad SMARTS) is 1. The number of aliphatic carboxylic acids is 1. The Morgan fingerprint density at radius 3 is 2.47 bits per heavy atom. The van der Waals surface area contributed by atoms with Crippen LogP contribution in [0.15, 0.2) is 0 Å². The zero-order chi connectivity index (χ0) is 14.4. The third-order valence-corrected chi connectivity index (χ3v) is 3.45. The molecule has 2 aliphatic rings. The number of rotatable bonds is 1. The third kappa shape index (κ3) is 2.83. The van der Waals surface area contributed by atoms with Gasteiger partial charge in [0, 0.05) is 6.42 Å². The average Bonchev–Trinajstić information content (AvgIpc) is 2.69. The van der Waals surface area contributed by atoms with Crippen molar-refractivity contribution in [3.05, 3.63) is 0 Å². The Morgan fingerprint density at radius 1 is 1.32 bits per heavy atom. The van der Waals surface area contributed by atoms with Gasteiger partial charge in [0.05, 0.1) is 18.2 Å². The molecule has 0 saturated carbocycles. The van der Waals surface area contributed by atoms with Crippen LogP contribution < -0.4 is 0 Å². The fraction of sp³-hybridized carbons (Fsp3) is 0.846. The molecular formula is C13H21NO5. The van der Waals surface area contributed by atoms with Crippen molar-refractivity contribution in [1.29, 1.82) is 0 Å². The highest BCUT2D eigenvalue weighted by molar-refractivity contribution is 5.81. The summed E-state index contributed by atoms with van der Waals surface area (Å²) in [7, 11) is 0. The van der Waals surface area contributed by atoms with E-state index in [1.54, 1.807) is 20.8 Å². The minimum absolute atomic E-state index is 0.0506. The Kier molecular flexibility index (Phi) is 3.47. The lowest BCUT2D eigenvalue weighted by Crippen LogP contribution is -2.47. The van der Waals surface area contributed by atoms with Gasteiger partial charge in [-0.05, 0) is 34.1 Å². The molecule has 6 nitrogen and oxygen atoms in total. The minimum Gasteiger partial charge on any atom is -0.480 e. The standard InChI is InChI=1S/C13H21NO5/c1-7-5-8-10(18-7)6-9(11(15)16)14(8)12(17)19-13(2,3)4/h7-10H,5-6H2,1-4H3,(H,15,16). The van der Waals surface area contributed by atoms with Crippen molar-refractivity contribution in [2.24, 2.45) is 0 Å². The van der Waals surface area contributed by atoms with E-state index in [9.17, 15) is 14.7 Å². The molecule has 2 aliphatic heterocycles. The number of ether oxygens (including phenoxy) is 2. The maximum atomic E-state index is 12.2. The molecule has 2 fully saturated rings. The van der Waals surface area contributed by atoms with E-state index in [2.05, 4.69) is 0 Å². The monoisotopic (exact) mass is 271 g/mol. The number of amides is 1. The van der Waals surface area contributed by atoms with E-state index < -0.39 is 23.7 Å². The number of likely N-dealkylation sites (tertiary alicyclic amines) is 1. The lowest BCUT2D eigenvalue weighted by Gasteiger charge is -2.30. The molecule has 6 heteroatoms. The quantitative estimate of drug-likeness (QED) is 0.784. The normalized spacial score (nSPS) is 34.2. The summed E-state index contributed by atoms with van der Waals surface area (Å²) in [5.41, 5.74) is -0.636. The molecule has 4 atom stereocenters. The van der Waals surface area contributed by atoms with E-state index >= 15 is 0 Å². The van der Waals surface area contributed by atoms with Gasteiger partial charge in [-0.15, -0.1) is 0 Å². The molecule has 0 aromatic rings. The van der Waals surface area contributed by atoms with E-state index in [-0.39, 0.29) is 18.2 Å². The summed E-state index contributed by atoms with van der Waals surface area (Å²) in [6.07, 6.45) is 0.292. The van der Waals surface area contributed by atoms with E-state index in [0.717, 1.165) is 0 Å². The number of carbonyl (C=O) groups excluding carboxylic acids is 1. The van der Waals surface area contributed by atoms with Crippen molar-refractivity contribution < 1.29 is 24.2 Å². The van der Waals surface area contributed by atoms with Crippen LogP contribution in [0.5, 0.6) is 0 Å². The Hall–Kier alpha value is -1.30. The molecule has 1 amide bonds. The minimum atomic E-state index is -1.00. The van der Waals surface area contributed by atoms with Crippen LogP contribution in [0.25, 0.3) is 0 Å². The Balaban J connectivity index is 2.18.